The SMILES string of the molecule is O=C(O)c1c(F)c(F)c(-c2conn2)c(F)c1F. The van der Waals surface area contributed by atoms with Crippen molar-refractivity contribution >= 4 is 5.97 Å². The van der Waals surface area contributed by atoms with Crippen molar-refractivity contribution in [2.75, 3.05) is 0 Å². The van der Waals surface area contributed by atoms with Crippen molar-refractivity contribution in [1.82, 2.24) is 10.4 Å². The Kier molecular flexibility index (Phi) is 2.73. The lowest BCUT2D eigenvalue weighted by atomic mass is 10.1. The summed E-state index contributed by atoms with van der Waals surface area (Å²) in [6.07, 6.45) is 0.654. The molecular formula is C9H2F4N2O3. The van der Waals surface area contributed by atoms with Gasteiger partial charge in [0.1, 0.15) is 11.3 Å². The zero-order valence-corrected chi connectivity index (χ0v) is 8.25. The minimum absolute atomic E-state index is 0.597. The molecule has 18 heavy (non-hydrogen) atoms. The van der Waals surface area contributed by atoms with Crippen LogP contribution < -0.4 is 0 Å². The predicted molar refractivity (Wildman–Crippen MR) is 46.5 cm³/mol. The second kappa shape index (κ2) is 4.09. The normalized spacial score (nSPS) is 10.7. The molecular weight excluding hydrogens is 260 g/mol. The van der Waals surface area contributed by atoms with Gasteiger partial charge < -0.3 is 9.63 Å². The van der Waals surface area contributed by atoms with E-state index in [4.69, 9.17) is 5.11 Å². The third-order valence-electron chi connectivity index (χ3n) is 2.09. The van der Waals surface area contributed by atoms with Crippen molar-refractivity contribution < 1.29 is 32.0 Å². The van der Waals surface area contributed by atoms with Gasteiger partial charge in [-0.1, -0.05) is 0 Å². The van der Waals surface area contributed by atoms with Gasteiger partial charge in [-0.2, -0.15) is 0 Å². The average Bonchev–Trinajstić information content (AvgIpc) is 2.80. The van der Waals surface area contributed by atoms with Crippen LogP contribution in [-0.4, -0.2) is 21.4 Å². The standard InChI is InChI=1S/C9H2F4N2O3/c10-5-3(2-1-18-15-14-2)6(11)8(13)4(7(5)12)9(16)17/h1H,(H,16,17). The number of halogens is 4. The Bertz CT molecular complexity index is 598. The summed E-state index contributed by atoms with van der Waals surface area (Å²) in [5.74, 6) is -9.96. The summed E-state index contributed by atoms with van der Waals surface area (Å²) in [7, 11) is 0. The van der Waals surface area contributed by atoms with Crippen molar-refractivity contribution in [3.8, 4) is 11.3 Å². The molecule has 1 aromatic carbocycles. The highest BCUT2D eigenvalue weighted by molar-refractivity contribution is 5.89. The molecule has 0 fully saturated rings. The van der Waals surface area contributed by atoms with E-state index in [0.29, 0.717) is 6.26 Å². The van der Waals surface area contributed by atoms with Crippen LogP contribution in [0.1, 0.15) is 10.4 Å². The number of carboxylic acids is 1. The van der Waals surface area contributed by atoms with Crippen molar-refractivity contribution in [2.45, 2.75) is 0 Å². The fourth-order valence-corrected chi connectivity index (χ4v) is 1.32. The largest absolute Gasteiger partial charge is 0.477 e. The summed E-state index contributed by atoms with van der Waals surface area (Å²) in [4.78, 5) is 10.5. The Balaban J connectivity index is 2.83. The van der Waals surface area contributed by atoms with E-state index in [1.807, 2.05) is 0 Å². The lowest BCUT2D eigenvalue weighted by Gasteiger charge is -2.06. The molecule has 2 rings (SSSR count). The fourth-order valence-electron chi connectivity index (χ4n) is 1.32. The van der Waals surface area contributed by atoms with E-state index in [1.165, 1.54) is 0 Å². The Hall–Kier alpha value is -2.45. The van der Waals surface area contributed by atoms with Gasteiger partial charge in [0.2, 0.25) is 0 Å². The van der Waals surface area contributed by atoms with Gasteiger partial charge in [-0.3, -0.25) is 0 Å². The molecule has 2 aromatic rings. The quantitative estimate of drug-likeness (QED) is 0.661. The molecule has 0 unspecified atom stereocenters. The minimum Gasteiger partial charge on any atom is -0.477 e. The lowest BCUT2D eigenvalue weighted by molar-refractivity contribution is 0.0683. The molecule has 0 radical (unpaired) electrons. The van der Waals surface area contributed by atoms with E-state index in [0.717, 1.165) is 0 Å². The molecule has 0 saturated carbocycles. The Morgan fingerprint density at radius 1 is 1.11 bits per heavy atom. The number of carboxylic acid groups (broad SMARTS) is 1. The average molecular weight is 262 g/mol. The predicted octanol–water partition coefficient (Wildman–Crippen LogP) is 1.99. The van der Waals surface area contributed by atoms with E-state index < -0.39 is 46.1 Å². The first-order valence-corrected chi connectivity index (χ1v) is 4.31. The fraction of sp³-hybridized carbons (Fsp3) is 0. The summed E-state index contributed by atoms with van der Waals surface area (Å²) in [6.45, 7) is 0. The van der Waals surface area contributed by atoms with E-state index in [-0.39, 0.29) is 0 Å². The summed E-state index contributed by atoms with van der Waals surface area (Å²) >= 11 is 0. The number of hydrogen-bond donors (Lipinski definition) is 1. The van der Waals surface area contributed by atoms with Gasteiger partial charge in [-0.25, -0.2) is 22.4 Å². The molecule has 0 spiro atoms. The van der Waals surface area contributed by atoms with E-state index in [2.05, 4.69) is 14.9 Å². The summed E-state index contributed by atoms with van der Waals surface area (Å²) < 4.78 is 57.7. The Morgan fingerprint density at radius 3 is 2.06 bits per heavy atom. The minimum atomic E-state index is -2.13. The molecule has 0 bridgehead atoms. The zero-order valence-electron chi connectivity index (χ0n) is 8.25. The molecule has 0 aliphatic carbocycles. The molecule has 1 aromatic heterocycles. The zero-order chi connectivity index (χ0) is 13.4. The van der Waals surface area contributed by atoms with Gasteiger partial charge in [0, 0.05) is 5.27 Å². The molecule has 94 valence electrons. The Morgan fingerprint density at radius 2 is 1.67 bits per heavy atom. The van der Waals surface area contributed by atoms with Gasteiger partial charge >= 0.3 is 5.97 Å². The van der Waals surface area contributed by atoms with Gasteiger partial charge in [0.05, 0.1) is 5.56 Å². The van der Waals surface area contributed by atoms with Crippen LogP contribution in [0, 0.1) is 23.3 Å². The van der Waals surface area contributed by atoms with Crippen molar-refractivity contribution in [1.29, 1.82) is 0 Å². The monoisotopic (exact) mass is 262 g/mol. The van der Waals surface area contributed by atoms with Crippen LogP contribution in [0.4, 0.5) is 17.6 Å². The van der Waals surface area contributed by atoms with Gasteiger partial charge in [-0.05, 0) is 0 Å². The van der Waals surface area contributed by atoms with Crippen LogP contribution in [-0.2, 0) is 0 Å². The first-order chi connectivity index (χ1) is 8.45. The van der Waals surface area contributed by atoms with Gasteiger partial charge in [-0.15, -0.1) is 5.10 Å². The topological polar surface area (TPSA) is 76.2 Å². The molecule has 0 saturated heterocycles. The highest BCUT2D eigenvalue weighted by atomic mass is 19.2. The number of aromatic carboxylic acids is 1. The van der Waals surface area contributed by atoms with Gasteiger partial charge in [0.15, 0.2) is 29.5 Å². The number of aromatic nitrogens is 2. The van der Waals surface area contributed by atoms with Crippen molar-refractivity contribution in [2.24, 2.45) is 0 Å². The van der Waals surface area contributed by atoms with Gasteiger partial charge in [0.25, 0.3) is 0 Å². The molecule has 0 amide bonds. The first kappa shape index (κ1) is 12.0. The van der Waals surface area contributed by atoms with E-state index in [9.17, 15) is 22.4 Å². The van der Waals surface area contributed by atoms with Crippen LogP contribution >= 0.6 is 0 Å². The second-order valence-corrected chi connectivity index (χ2v) is 3.10. The highest BCUT2D eigenvalue weighted by Crippen LogP contribution is 2.30. The maximum atomic E-state index is 13.5. The first-order valence-electron chi connectivity index (χ1n) is 4.31. The molecule has 0 aliphatic heterocycles. The molecule has 1 heterocycles. The summed E-state index contributed by atoms with van der Waals surface area (Å²) in [6, 6.07) is 0. The van der Waals surface area contributed by atoms with Crippen LogP contribution in [0.25, 0.3) is 11.3 Å². The third kappa shape index (κ3) is 1.60. The molecule has 0 aliphatic rings. The number of rotatable bonds is 2. The third-order valence-corrected chi connectivity index (χ3v) is 2.09. The van der Waals surface area contributed by atoms with Crippen LogP contribution in [0.3, 0.4) is 0 Å². The van der Waals surface area contributed by atoms with E-state index in [1.54, 1.807) is 0 Å². The molecule has 9 heteroatoms. The van der Waals surface area contributed by atoms with Crippen LogP contribution in [0.2, 0.25) is 0 Å². The maximum absolute atomic E-state index is 13.5. The highest BCUT2D eigenvalue weighted by Gasteiger charge is 2.30. The number of benzene rings is 1. The molecule has 1 N–H and O–H groups in total. The lowest BCUT2D eigenvalue weighted by Crippen LogP contribution is -2.11. The molecule has 5 nitrogen and oxygen atoms in total. The summed E-state index contributed by atoms with van der Waals surface area (Å²) in [5, 5.41) is 14.4. The number of carbonyl (C=O) groups is 1. The van der Waals surface area contributed by atoms with E-state index >= 15 is 0 Å². The Labute approximate surface area is 95.6 Å². The smallest absolute Gasteiger partial charge is 0.341 e. The van der Waals surface area contributed by atoms with Crippen LogP contribution in [0.15, 0.2) is 10.8 Å². The maximum Gasteiger partial charge on any atom is 0.341 e. The van der Waals surface area contributed by atoms with Crippen molar-refractivity contribution in [3.05, 3.63) is 35.1 Å². The van der Waals surface area contributed by atoms with Crippen LogP contribution in [0.5, 0.6) is 0 Å². The van der Waals surface area contributed by atoms with Crippen molar-refractivity contribution in [3.63, 3.8) is 0 Å². The molecule has 0 atom stereocenters. The number of hydrogen-bond acceptors (Lipinski definition) is 4. The second-order valence-electron chi connectivity index (χ2n) is 3.10. The summed E-state index contributed by atoms with van der Waals surface area (Å²) in [5.41, 5.74) is -3.50. The number of nitrogens with zero attached hydrogens (tertiary/aromatic N) is 2.